The topological polar surface area (TPSA) is 105 Å². The maximum absolute atomic E-state index is 12.4. The summed E-state index contributed by atoms with van der Waals surface area (Å²) in [5.41, 5.74) is 4.99. The molecule has 0 aromatic heterocycles. The number of carbonyl (C=O) groups excluding carboxylic acids is 2. The lowest BCUT2D eigenvalue weighted by atomic mass is 9.98. The lowest BCUT2D eigenvalue weighted by Gasteiger charge is -2.17. The number of alkyl carbamates (subject to hydrolysis) is 1. The van der Waals surface area contributed by atoms with Crippen molar-refractivity contribution in [1.82, 2.24) is 5.32 Å². The summed E-state index contributed by atoms with van der Waals surface area (Å²) >= 11 is 0. The first kappa shape index (κ1) is 24.0. The minimum absolute atomic E-state index is 0.000770. The fraction of sp³-hybridized carbons (Fsp3) is 0.250. The van der Waals surface area contributed by atoms with Gasteiger partial charge in [0.1, 0.15) is 6.61 Å². The molecule has 1 atom stereocenters. The van der Waals surface area contributed by atoms with Crippen LogP contribution in [0.15, 0.2) is 72.8 Å². The van der Waals surface area contributed by atoms with Crippen LogP contribution in [0.4, 0.5) is 10.5 Å². The van der Waals surface area contributed by atoms with Gasteiger partial charge in [-0.05, 0) is 54.2 Å². The van der Waals surface area contributed by atoms with Crippen molar-refractivity contribution in [3.8, 4) is 11.1 Å². The molecule has 0 radical (unpaired) electrons. The molecule has 0 bridgehead atoms. The molecule has 7 nitrogen and oxygen atoms in total. The summed E-state index contributed by atoms with van der Waals surface area (Å²) in [6.45, 7) is 2.11. The first-order chi connectivity index (χ1) is 16.9. The highest BCUT2D eigenvalue weighted by atomic mass is 16.5. The summed E-state index contributed by atoms with van der Waals surface area (Å²) in [7, 11) is 0. The molecule has 3 aromatic rings. The highest BCUT2D eigenvalue weighted by Gasteiger charge is 2.29. The van der Waals surface area contributed by atoms with Gasteiger partial charge in [0.15, 0.2) is 0 Å². The van der Waals surface area contributed by atoms with Gasteiger partial charge in [-0.2, -0.15) is 0 Å². The maximum Gasteiger partial charge on any atom is 0.407 e. The average Bonchev–Trinajstić information content (AvgIpc) is 3.16. The Balaban J connectivity index is 1.22. The van der Waals surface area contributed by atoms with Crippen LogP contribution in [-0.2, 0) is 9.53 Å². The fourth-order valence-corrected chi connectivity index (χ4v) is 4.47. The lowest BCUT2D eigenvalue weighted by molar-refractivity contribution is -0.116. The molecule has 0 spiro atoms. The maximum atomic E-state index is 12.4. The van der Waals surface area contributed by atoms with Crippen LogP contribution in [0, 0.1) is 0 Å². The summed E-state index contributed by atoms with van der Waals surface area (Å²) < 4.78 is 5.57. The second-order valence-electron chi connectivity index (χ2n) is 8.66. The van der Waals surface area contributed by atoms with Crippen LogP contribution in [0.1, 0.15) is 53.6 Å². The molecule has 1 unspecified atom stereocenters. The summed E-state index contributed by atoms with van der Waals surface area (Å²) in [5.74, 6) is -1.37. The molecule has 2 amide bonds. The van der Waals surface area contributed by atoms with E-state index in [-0.39, 0.29) is 42.1 Å². The minimum Gasteiger partial charge on any atom is -0.478 e. The van der Waals surface area contributed by atoms with Crippen molar-refractivity contribution >= 4 is 23.7 Å². The van der Waals surface area contributed by atoms with E-state index in [1.165, 1.54) is 17.2 Å². The van der Waals surface area contributed by atoms with Crippen LogP contribution in [0.5, 0.6) is 0 Å². The molecule has 180 valence electrons. The van der Waals surface area contributed by atoms with Crippen molar-refractivity contribution in [2.24, 2.45) is 0 Å². The molecule has 35 heavy (non-hydrogen) atoms. The number of ether oxygens (including phenoxy) is 1. The molecule has 0 aliphatic heterocycles. The van der Waals surface area contributed by atoms with Gasteiger partial charge in [0, 0.05) is 18.4 Å². The number of rotatable bonds is 9. The molecule has 0 saturated carbocycles. The number of anilines is 1. The first-order valence-corrected chi connectivity index (χ1v) is 11.7. The van der Waals surface area contributed by atoms with Crippen molar-refractivity contribution < 1.29 is 24.2 Å². The Morgan fingerprint density at radius 1 is 0.914 bits per heavy atom. The molecule has 3 aromatic carbocycles. The molecule has 0 fully saturated rings. The van der Waals surface area contributed by atoms with E-state index >= 15 is 0 Å². The predicted octanol–water partition coefficient (Wildman–Crippen LogP) is 5.42. The third-order valence-corrected chi connectivity index (χ3v) is 6.18. The van der Waals surface area contributed by atoms with Gasteiger partial charge in [-0.1, -0.05) is 60.7 Å². The fourth-order valence-electron chi connectivity index (χ4n) is 4.47. The van der Waals surface area contributed by atoms with E-state index in [2.05, 4.69) is 34.9 Å². The minimum atomic E-state index is -1.10. The molecule has 1 aliphatic carbocycles. The van der Waals surface area contributed by atoms with Crippen LogP contribution in [0.25, 0.3) is 11.1 Å². The van der Waals surface area contributed by atoms with Gasteiger partial charge in [0.25, 0.3) is 0 Å². The molecule has 7 heteroatoms. The SMILES string of the molecule is CC(CCCC(=O)Nc1ccccc1C(=O)O)NC(=O)OCC1c2ccccc2-c2ccccc21. The van der Waals surface area contributed by atoms with Crippen LogP contribution >= 0.6 is 0 Å². The Hall–Kier alpha value is -4.13. The van der Waals surface area contributed by atoms with Gasteiger partial charge >= 0.3 is 12.1 Å². The Morgan fingerprint density at radius 3 is 2.17 bits per heavy atom. The number of para-hydroxylation sites is 1. The number of amides is 2. The van der Waals surface area contributed by atoms with E-state index in [0.29, 0.717) is 12.8 Å². The van der Waals surface area contributed by atoms with Crippen molar-refractivity contribution in [2.45, 2.75) is 38.1 Å². The van der Waals surface area contributed by atoms with Gasteiger partial charge < -0.3 is 20.5 Å². The van der Waals surface area contributed by atoms with E-state index in [1.807, 2.05) is 31.2 Å². The van der Waals surface area contributed by atoms with Crippen LogP contribution in [-0.4, -0.2) is 35.7 Å². The summed E-state index contributed by atoms with van der Waals surface area (Å²) in [4.78, 5) is 35.9. The Kier molecular flexibility index (Phi) is 7.45. The number of nitrogens with one attached hydrogen (secondary N) is 2. The number of carboxylic acids is 1. The average molecular weight is 473 g/mol. The van der Waals surface area contributed by atoms with Crippen molar-refractivity contribution in [3.05, 3.63) is 89.5 Å². The van der Waals surface area contributed by atoms with Crippen LogP contribution in [0.3, 0.4) is 0 Å². The monoisotopic (exact) mass is 472 g/mol. The van der Waals surface area contributed by atoms with E-state index < -0.39 is 12.1 Å². The first-order valence-electron chi connectivity index (χ1n) is 11.7. The number of benzene rings is 3. The van der Waals surface area contributed by atoms with Gasteiger partial charge in [0.2, 0.25) is 5.91 Å². The predicted molar refractivity (Wildman–Crippen MR) is 134 cm³/mol. The smallest absolute Gasteiger partial charge is 0.407 e. The normalized spacial score (nSPS) is 12.8. The summed E-state index contributed by atoms with van der Waals surface area (Å²) in [5, 5.41) is 14.7. The summed E-state index contributed by atoms with van der Waals surface area (Å²) in [6.07, 6.45) is 0.841. The molecule has 4 rings (SSSR count). The molecule has 3 N–H and O–H groups in total. The summed E-state index contributed by atoms with van der Waals surface area (Å²) in [6, 6.07) is 22.4. The zero-order chi connectivity index (χ0) is 24.8. The van der Waals surface area contributed by atoms with Gasteiger partial charge in [0.05, 0.1) is 11.3 Å². The zero-order valence-corrected chi connectivity index (χ0v) is 19.5. The van der Waals surface area contributed by atoms with Crippen molar-refractivity contribution in [1.29, 1.82) is 0 Å². The second-order valence-corrected chi connectivity index (χ2v) is 8.66. The highest BCUT2D eigenvalue weighted by Crippen LogP contribution is 2.44. The van der Waals surface area contributed by atoms with Crippen molar-refractivity contribution in [2.75, 3.05) is 11.9 Å². The number of hydrogen-bond donors (Lipinski definition) is 3. The second kappa shape index (κ2) is 10.9. The van der Waals surface area contributed by atoms with E-state index in [1.54, 1.807) is 18.2 Å². The molecule has 1 aliphatic rings. The third-order valence-electron chi connectivity index (χ3n) is 6.18. The molecular formula is C28H28N2O5. The van der Waals surface area contributed by atoms with E-state index in [0.717, 1.165) is 11.1 Å². The molecular weight excluding hydrogens is 444 g/mol. The van der Waals surface area contributed by atoms with Crippen molar-refractivity contribution in [3.63, 3.8) is 0 Å². The number of carbonyl (C=O) groups is 3. The number of carboxylic acid groups (broad SMARTS) is 1. The third kappa shape index (κ3) is 5.69. The highest BCUT2D eigenvalue weighted by molar-refractivity contribution is 6.00. The zero-order valence-electron chi connectivity index (χ0n) is 19.5. The standard InChI is InChI=1S/C28H28N2O5/c1-18(9-8-16-26(31)30-25-15-7-6-14-23(25)27(32)33)29-28(34)35-17-24-21-12-4-2-10-19(21)20-11-3-5-13-22(20)24/h2-7,10-15,18,24H,8-9,16-17H2,1H3,(H,29,34)(H,30,31)(H,32,33). The molecule has 0 heterocycles. The Morgan fingerprint density at radius 2 is 1.51 bits per heavy atom. The number of hydrogen-bond acceptors (Lipinski definition) is 4. The Bertz CT molecular complexity index is 1190. The van der Waals surface area contributed by atoms with E-state index in [9.17, 15) is 19.5 Å². The Labute approximate surface area is 204 Å². The van der Waals surface area contributed by atoms with Crippen LogP contribution < -0.4 is 10.6 Å². The van der Waals surface area contributed by atoms with E-state index in [4.69, 9.17) is 4.74 Å². The lowest BCUT2D eigenvalue weighted by Crippen LogP contribution is -2.34. The molecule has 0 saturated heterocycles. The number of fused-ring (bicyclic) bond motifs is 3. The van der Waals surface area contributed by atoms with Crippen LogP contribution in [0.2, 0.25) is 0 Å². The largest absolute Gasteiger partial charge is 0.478 e. The van der Waals surface area contributed by atoms with Gasteiger partial charge in [-0.15, -0.1) is 0 Å². The quantitative estimate of drug-likeness (QED) is 0.386. The van der Waals surface area contributed by atoms with Gasteiger partial charge in [-0.25, -0.2) is 9.59 Å². The number of aromatic carboxylic acids is 1. The van der Waals surface area contributed by atoms with Gasteiger partial charge in [-0.3, -0.25) is 4.79 Å².